The van der Waals surface area contributed by atoms with E-state index < -0.39 is 58.0 Å². The molecule has 0 unspecified atom stereocenters. The van der Waals surface area contributed by atoms with Crippen LogP contribution in [0.25, 0.3) is 5.76 Å². The van der Waals surface area contributed by atoms with Crippen LogP contribution in [0.3, 0.4) is 0 Å². The standard InChI is InChI=1S/C32H32N4O8/c1-35(2)21-14-16(9-6-15-7-10-18(44-5)11-8-15)27(37)23-19(21)12-17-13-20-26(36(3)4)25(34-43)24(31(33)41)30(40)32(20,42)29(39)22(17)28(23)38/h7-8,10-11,14,17,20,26,37-38,42H,12-13H2,1-5H3,(H2,33,41)/t17-,20-,26-,32-/m0/s1. The zero-order chi connectivity index (χ0) is 32.2. The van der Waals surface area contributed by atoms with Gasteiger partial charge in [0.15, 0.2) is 5.60 Å². The Morgan fingerprint density at radius 2 is 1.75 bits per heavy atom. The van der Waals surface area contributed by atoms with Crippen molar-refractivity contribution in [1.82, 2.24) is 4.90 Å². The number of methoxy groups -OCH3 is 1. The van der Waals surface area contributed by atoms with Gasteiger partial charge in [-0.05, 0) is 73.9 Å². The third-order valence-electron chi connectivity index (χ3n) is 8.71. The highest BCUT2D eigenvalue weighted by molar-refractivity contribution is 6.33. The molecule has 2 aromatic rings. The number of aliphatic hydroxyl groups excluding tert-OH is 1. The topological polar surface area (TPSA) is 183 Å². The van der Waals surface area contributed by atoms with E-state index >= 15 is 0 Å². The molecule has 1 saturated carbocycles. The second kappa shape index (κ2) is 10.9. The van der Waals surface area contributed by atoms with Crippen molar-refractivity contribution in [3.05, 3.63) is 74.3 Å². The minimum Gasteiger partial charge on any atom is -0.507 e. The number of hydrogen-bond donors (Lipinski definition) is 4. The van der Waals surface area contributed by atoms with E-state index in [9.17, 15) is 34.6 Å². The Bertz CT molecular complexity index is 1750. The van der Waals surface area contributed by atoms with Gasteiger partial charge in [-0.3, -0.25) is 14.4 Å². The number of carbonyl (C=O) groups excluding carboxylic acids is 3. The molecule has 0 heterocycles. The number of ether oxygens (including phenoxy) is 1. The van der Waals surface area contributed by atoms with E-state index in [4.69, 9.17) is 10.5 Å². The number of aliphatic hydroxyl groups is 2. The first-order valence-corrected chi connectivity index (χ1v) is 13.8. The fraction of sp³-hybridized carbons (Fsp3) is 0.344. The lowest BCUT2D eigenvalue weighted by molar-refractivity contribution is -0.161. The van der Waals surface area contributed by atoms with E-state index in [-0.39, 0.29) is 35.3 Å². The quantitative estimate of drug-likeness (QED) is 0.170. The van der Waals surface area contributed by atoms with Gasteiger partial charge in [0.1, 0.15) is 28.5 Å². The third kappa shape index (κ3) is 4.44. The number of ketones is 2. The summed E-state index contributed by atoms with van der Waals surface area (Å²) in [5.41, 5.74) is 3.01. The molecule has 3 aliphatic carbocycles. The van der Waals surface area contributed by atoms with Gasteiger partial charge in [-0.25, -0.2) is 0 Å². The largest absolute Gasteiger partial charge is 0.507 e. The minimum atomic E-state index is -2.81. The summed E-state index contributed by atoms with van der Waals surface area (Å²) in [5, 5.41) is 37.8. The average molecular weight is 601 g/mol. The third-order valence-corrected chi connectivity index (χ3v) is 8.71. The predicted molar refractivity (Wildman–Crippen MR) is 161 cm³/mol. The number of nitrogens with two attached hydrogens (primary N) is 1. The number of rotatable bonds is 5. The molecule has 228 valence electrons. The number of hydrogen-bond acceptors (Lipinski definition) is 11. The maximum Gasteiger partial charge on any atom is 0.254 e. The second-order valence-corrected chi connectivity index (χ2v) is 11.6. The van der Waals surface area contributed by atoms with Crippen LogP contribution in [0, 0.1) is 28.6 Å². The number of nitrogens with zero attached hydrogens (tertiary/aromatic N) is 3. The van der Waals surface area contributed by atoms with Gasteiger partial charge in [-0.2, -0.15) is 0 Å². The van der Waals surface area contributed by atoms with E-state index in [0.717, 1.165) is 0 Å². The summed E-state index contributed by atoms with van der Waals surface area (Å²) in [6.45, 7) is 0. The Labute approximate surface area is 253 Å². The van der Waals surface area contributed by atoms with E-state index in [1.165, 1.54) is 4.90 Å². The van der Waals surface area contributed by atoms with Crippen LogP contribution in [0.15, 0.2) is 52.4 Å². The number of primary amides is 1. The first kappa shape index (κ1) is 30.5. The highest BCUT2D eigenvalue weighted by atomic mass is 16.5. The molecule has 0 saturated heterocycles. The number of benzene rings is 2. The van der Waals surface area contributed by atoms with Crippen molar-refractivity contribution in [3.8, 4) is 23.3 Å². The van der Waals surface area contributed by atoms with Gasteiger partial charge < -0.3 is 35.6 Å². The maximum absolute atomic E-state index is 14.1. The average Bonchev–Trinajstić information content (AvgIpc) is 2.97. The normalized spacial score (nSPS) is 24.2. The van der Waals surface area contributed by atoms with Crippen LogP contribution in [0.2, 0.25) is 0 Å². The molecule has 1 fully saturated rings. The lowest BCUT2D eigenvalue weighted by Crippen LogP contribution is -2.67. The number of aromatic hydroxyl groups is 1. The van der Waals surface area contributed by atoms with Crippen LogP contribution in [0.5, 0.6) is 11.5 Å². The lowest BCUT2D eigenvalue weighted by atomic mass is 9.56. The van der Waals surface area contributed by atoms with E-state index in [2.05, 4.69) is 17.0 Å². The molecule has 0 radical (unpaired) electrons. The number of phenols is 1. The number of fused-ring (bicyclic) bond motifs is 3. The molecule has 3 aliphatic rings. The number of phenolic OH excluding ortho intramolecular Hbond substituents is 1. The highest BCUT2D eigenvalue weighted by Crippen LogP contribution is 2.53. The molecule has 0 aliphatic heterocycles. The first-order chi connectivity index (χ1) is 20.8. The summed E-state index contributed by atoms with van der Waals surface area (Å²) in [7, 11) is 8.24. The molecule has 1 amide bonds. The number of likely N-dealkylation sites (N-methyl/N-ethyl adjacent to an activating group) is 1. The smallest absolute Gasteiger partial charge is 0.254 e. The molecule has 0 bridgehead atoms. The van der Waals surface area contributed by atoms with Gasteiger partial charge in [-0.15, -0.1) is 4.91 Å². The van der Waals surface area contributed by atoms with Crippen LogP contribution in [-0.4, -0.2) is 84.6 Å². The Kier molecular flexibility index (Phi) is 7.57. The summed E-state index contributed by atoms with van der Waals surface area (Å²) >= 11 is 0. The SMILES string of the molecule is COc1ccc(C#Cc2cc(N(C)C)c3c(c2O)C(O)=C2C(=O)[C@]4(O)C(=O)C(C(N)=O)=C(N=O)[C@@H](N(C)C)[C@@H]4C[C@@H]2C3)cc1. The zero-order valence-electron chi connectivity index (χ0n) is 24.8. The number of amides is 1. The highest BCUT2D eigenvalue weighted by Gasteiger charge is 2.65. The van der Waals surface area contributed by atoms with Crippen molar-refractivity contribution in [2.24, 2.45) is 22.7 Å². The molecular weight excluding hydrogens is 568 g/mol. The summed E-state index contributed by atoms with van der Waals surface area (Å²) in [6.07, 6.45) is 0.137. The van der Waals surface area contributed by atoms with E-state index in [1.807, 2.05) is 0 Å². The number of carbonyl (C=O) groups is 3. The van der Waals surface area contributed by atoms with Crippen molar-refractivity contribution < 1.29 is 34.4 Å². The molecule has 5 N–H and O–H groups in total. The Hall–Kier alpha value is -4.99. The summed E-state index contributed by atoms with van der Waals surface area (Å²) in [6, 6.07) is 7.57. The van der Waals surface area contributed by atoms with Crippen molar-refractivity contribution in [2.75, 3.05) is 40.2 Å². The lowest BCUT2D eigenvalue weighted by Gasteiger charge is -2.50. The first-order valence-electron chi connectivity index (χ1n) is 13.8. The van der Waals surface area contributed by atoms with Crippen LogP contribution in [-0.2, 0) is 20.8 Å². The Morgan fingerprint density at radius 3 is 2.30 bits per heavy atom. The van der Waals surface area contributed by atoms with Gasteiger partial charge in [-0.1, -0.05) is 11.8 Å². The van der Waals surface area contributed by atoms with Crippen LogP contribution in [0.1, 0.15) is 28.7 Å². The summed E-state index contributed by atoms with van der Waals surface area (Å²) in [5.74, 6) is -0.0583. The van der Waals surface area contributed by atoms with Gasteiger partial charge in [0.05, 0.1) is 24.3 Å². The van der Waals surface area contributed by atoms with E-state index in [1.54, 1.807) is 70.5 Å². The minimum absolute atomic E-state index is 0.0205. The summed E-state index contributed by atoms with van der Waals surface area (Å²) in [4.78, 5) is 55.2. The molecule has 2 aromatic carbocycles. The van der Waals surface area contributed by atoms with Crippen molar-refractivity contribution in [2.45, 2.75) is 24.5 Å². The Balaban J connectivity index is 1.70. The molecular formula is C32H32N4O8. The molecule has 44 heavy (non-hydrogen) atoms. The predicted octanol–water partition coefficient (Wildman–Crippen LogP) is 1.65. The molecule has 12 nitrogen and oxygen atoms in total. The molecule has 0 aromatic heterocycles. The Morgan fingerprint density at radius 1 is 1.09 bits per heavy atom. The monoisotopic (exact) mass is 600 g/mol. The van der Waals surface area contributed by atoms with Gasteiger partial charge >= 0.3 is 0 Å². The number of nitroso groups, excluding NO2 is 1. The number of anilines is 1. The van der Waals surface area contributed by atoms with Crippen molar-refractivity contribution in [1.29, 1.82) is 0 Å². The van der Waals surface area contributed by atoms with Gasteiger partial charge in [0.2, 0.25) is 11.6 Å². The van der Waals surface area contributed by atoms with Gasteiger partial charge in [0.25, 0.3) is 5.91 Å². The maximum atomic E-state index is 14.1. The molecule has 0 spiro atoms. The van der Waals surface area contributed by atoms with E-state index in [0.29, 0.717) is 22.6 Å². The fourth-order valence-corrected chi connectivity index (χ4v) is 6.71. The molecule has 5 rings (SSSR count). The van der Waals surface area contributed by atoms with Crippen LogP contribution >= 0.6 is 0 Å². The molecule has 4 atom stereocenters. The fourth-order valence-electron chi connectivity index (χ4n) is 6.71. The molecule has 12 heteroatoms. The zero-order valence-corrected chi connectivity index (χ0v) is 24.8. The summed E-state index contributed by atoms with van der Waals surface area (Å²) < 4.78 is 5.17. The van der Waals surface area contributed by atoms with Crippen molar-refractivity contribution >= 4 is 28.9 Å². The van der Waals surface area contributed by atoms with Crippen molar-refractivity contribution in [3.63, 3.8) is 0 Å². The van der Waals surface area contributed by atoms with Crippen LogP contribution < -0.4 is 15.4 Å². The van der Waals surface area contributed by atoms with Crippen LogP contribution in [0.4, 0.5) is 5.69 Å². The van der Waals surface area contributed by atoms with Gasteiger partial charge in [0, 0.05) is 36.8 Å². The second-order valence-electron chi connectivity index (χ2n) is 11.6. The number of Topliss-reactive ketones (excluding diaryl/α,β-unsaturated/α-hetero) is 2.